The van der Waals surface area contributed by atoms with Crippen molar-refractivity contribution in [2.24, 2.45) is 5.92 Å². The number of hydrogen-bond acceptors (Lipinski definition) is 4. The lowest BCUT2D eigenvalue weighted by molar-refractivity contribution is -0.155. The van der Waals surface area contributed by atoms with Crippen LogP contribution in [0.25, 0.3) is 0 Å². The van der Waals surface area contributed by atoms with Gasteiger partial charge in [0.1, 0.15) is 23.8 Å². The molecule has 158 valence electrons. The van der Waals surface area contributed by atoms with E-state index in [4.69, 9.17) is 4.74 Å². The molecule has 2 N–H and O–H groups in total. The maximum Gasteiger partial charge on any atom is 0.326 e. The first-order valence-corrected chi connectivity index (χ1v) is 10.0. The molecule has 0 unspecified atom stereocenters. The number of hydrogen-bond donors (Lipinski definition) is 2. The van der Waals surface area contributed by atoms with Gasteiger partial charge >= 0.3 is 12.0 Å². The number of urea groups is 1. The van der Waals surface area contributed by atoms with Gasteiger partial charge in [0.25, 0.3) is 0 Å². The van der Waals surface area contributed by atoms with Crippen molar-refractivity contribution < 1.29 is 18.7 Å². The minimum atomic E-state index is -0.595. The molecule has 1 aromatic heterocycles. The van der Waals surface area contributed by atoms with Crippen LogP contribution < -0.4 is 10.6 Å². The Morgan fingerprint density at radius 1 is 1.31 bits per heavy atom. The zero-order valence-corrected chi connectivity index (χ0v) is 18.7. The minimum Gasteiger partial charge on any atom is -0.459 e. The lowest BCUT2D eigenvalue weighted by Crippen LogP contribution is -2.37. The zero-order valence-electron chi connectivity index (χ0n) is 17.1. The van der Waals surface area contributed by atoms with Crippen LogP contribution in [-0.2, 0) is 16.1 Å². The Kier molecular flexibility index (Phi) is 7.40. The number of carbonyl (C=O) groups is 2. The Labute approximate surface area is 178 Å². The van der Waals surface area contributed by atoms with Gasteiger partial charge in [0.2, 0.25) is 0 Å². The van der Waals surface area contributed by atoms with Gasteiger partial charge in [-0.15, -0.1) is 0 Å². The second-order valence-electron chi connectivity index (χ2n) is 7.94. The van der Waals surface area contributed by atoms with Crippen molar-refractivity contribution in [1.29, 1.82) is 0 Å². The second kappa shape index (κ2) is 9.39. The molecule has 0 aliphatic rings. The van der Waals surface area contributed by atoms with E-state index in [1.807, 2.05) is 13.8 Å². The van der Waals surface area contributed by atoms with Crippen molar-refractivity contribution in [2.75, 3.05) is 5.32 Å². The van der Waals surface area contributed by atoms with Crippen molar-refractivity contribution >= 4 is 33.6 Å². The summed E-state index contributed by atoms with van der Waals surface area (Å²) in [6.45, 7) is 9.19. The molecule has 0 radical (unpaired) electrons. The van der Waals surface area contributed by atoms with Crippen LogP contribution in [0.4, 0.5) is 14.9 Å². The number of aromatic nitrogens is 2. The van der Waals surface area contributed by atoms with E-state index >= 15 is 0 Å². The zero-order chi connectivity index (χ0) is 21.8. The Balaban J connectivity index is 2.13. The predicted octanol–water partition coefficient (Wildman–Crippen LogP) is 4.65. The number of nitrogens with one attached hydrogen (secondary N) is 2. The highest BCUT2D eigenvalue weighted by atomic mass is 79.9. The number of amides is 2. The van der Waals surface area contributed by atoms with E-state index < -0.39 is 29.5 Å². The maximum absolute atomic E-state index is 14.0. The molecular formula is C20H26BrFN4O3. The quantitative estimate of drug-likeness (QED) is 0.604. The van der Waals surface area contributed by atoms with Gasteiger partial charge in [-0.1, -0.05) is 29.8 Å². The fourth-order valence-corrected chi connectivity index (χ4v) is 3.00. The van der Waals surface area contributed by atoms with Crippen LogP contribution in [0.15, 0.2) is 35.1 Å². The summed E-state index contributed by atoms with van der Waals surface area (Å²) in [4.78, 5) is 28.9. The van der Waals surface area contributed by atoms with E-state index in [-0.39, 0.29) is 18.2 Å². The van der Waals surface area contributed by atoms with E-state index in [2.05, 4.69) is 31.5 Å². The first-order valence-electron chi connectivity index (χ1n) is 9.21. The molecule has 0 fully saturated rings. The molecule has 0 saturated heterocycles. The Morgan fingerprint density at radius 3 is 2.59 bits per heavy atom. The molecule has 29 heavy (non-hydrogen) atoms. The summed E-state index contributed by atoms with van der Waals surface area (Å²) in [7, 11) is 0. The number of benzene rings is 1. The van der Waals surface area contributed by atoms with E-state index in [0.717, 1.165) is 0 Å². The monoisotopic (exact) mass is 468 g/mol. The Morgan fingerprint density at radius 2 is 2.00 bits per heavy atom. The van der Waals surface area contributed by atoms with Gasteiger partial charge in [-0.25, -0.2) is 14.2 Å². The summed E-state index contributed by atoms with van der Waals surface area (Å²) in [6, 6.07) is 3.30. The first kappa shape index (κ1) is 22.9. The molecule has 0 aliphatic carbocycles. The predicted molar refractivity (Wildman–Crippen MR) is 112 cm³/mol. The largest absolute Gasteiger partial charge is 0.459 e. The number of anilines is 1. The van der Waals surface area contributed by atoms with Crippen molar-refractivity contribution in [3.05, 3.63) is 46.7 Å². The number of halogens is 2. The summed E-state index contributed by atoms with van der Waals surface area (Å²) < 4.78 is 21.6. The molecule has 1 heterocycles. The molecule has 0 bridgehead atoms. The van der Waals surface area contributed by atoms with Crippen LogP contribution in [-0.4, -0.2) is 27.2 Å². The summed E-state index contributed by atoms with van der Waals surface area (Å²) in [5.41, 5.74) is -0.535. The summed E-state index contributed by atoms with van der Waals surface area (Å²) in [5, 5.41) is 5.31. The number of esters is 1. The molecule has 2 amide bonds. The van der Waals surface area contributed by atoms with Crippen LogP contribution in [0, 0.1) is 11.7 Å². The van der Waals surface area contributed by atoms with Gasteiger partial charge in [0, 0.05) is 16.9 Å². The van der Waals surface area contributed by atoms with Gasteiger partial charge in [0.15, 0.2) is 0 Å². The van der Waals surface area contributed by atoms with E-state index in [0.29, 0.717) is 10.3 Å². The average molecular weight is 469 g/mol. The fourth-order valence-electron chi connectivity index (χ4n) is 2.67. The van der Waals surface area contributed by atoms with Crippen LogP contribution in [0.5, 0.6) is 0 Å². The third-order valence-electron chi connectivity index (χ3n) is 3.88. The molecule has 9 heteroatoms. The van der Waals surface area contributed by atoms with Crippen molar-refractivity contribution in [3.63, 3.8) is 0 Å². The Hall–Kier alpha value is -2.42. The number of nitrogens with zero attached hydrogens (tertiary/aromatic N) is 2. The molecule has 0 saturated carbocycles. The van der Waals surface area contributed by atoms with E-state index in [1.165, 1.54) is 12.1 Å². The topological polar surface area (TPSA) is 85.3 Å². The number of ether oxygens (including phenoxy) is 1. The van der Waals surface area contributed by atoms with Gasteiger partial charge in [-0.2, -0.15) is 0 Å². The normalized spacial score (nSPS) is 12.6. The Bertz CT molecular complexity index is 877. The molecule has 1 aromatic carbocycles. The molecule has 0 spiro atoms. The number of imidazole rings is 1. The molecule has 2 rings (SSSR count). The van der Waals surface area contributed by atoms with Crippen LogP contribution in [0.1, 0.15) is 46.5 Å². The number of carbonyl (C=O) groups excluding carboxylic acids is 2. The number of rotatable bonds is 6. The van der Waals surface area contributed by atoms with Crippen molar-refractivity contribution in [1.82, 2.24) is 14.9 Å². The van der Waals surface area contributed by atoms with Crippen LogP contribution >= 0.6 is 15.9 Å². The van der Waals surface area contributed by atoms with Crippen molar-refractivity contribution in [2.45, 2.75) is 52.8 Å². The molecule has 7 nitrogen and oxygen atoms in total. The molecule has 2 aromatic rings. The fraction of sp³-hybridized carbons (Fsp3) is 0.450. The third-order valence-corrected chi connectivity index (χ3v) is 4.37. The summed E-state index contributed by atoms with van der Waals surface area (Å²) in [6.07, 6.45) is 3.21. The third kappa shape index (κ3) is 6.85. The maximum atomic E-state index is 14.0. The highest BCUT2D eigenvalue weighted by molar-refractivity contribution is 9.10. The second-order valence-corrected chi connectivity index (χ2v) is 8.86. The smallest absolute Gasteiger partial charge is 0.326 e. The minimum absolute atomic E-state index is 0.0273. The molecule has 0 aliphatic heterocycles. The standard InChI is InChI=1S/C20H26BrFN4O3/c1-12(2)17(25-19(28)24-15-7-6-13(21)10-14(15)22)18-23-8-9-26(18)11-16(27)29-20(3,4)5/h6-10,12,17H,11H2,1-5H3,(H2,24,25,28)/t17-/m0/s1. The lowest BCUT2D eigenvalue weighted by Gasteiger charge is -2.24. The lowest BCUT2D eigenvalue weighted by atomic mass is 10.0. The molecular weight excluding hydrogens is 443 g/mol. The average Bonchev–Trinajstić information content (AvgIpc) is 3.00. The van der Waals surface area contributed by atoms with E-state index in [1.54, 1.807) is 43.8 Å². The molecule has 1 atom stereocenters. The van der Waals surface area contributed by atoms with Crippen LogP contribution in [0.2, 0.25) is 0 Å². The van der Waals surface area contributed by atoms with Gasteiger partial charge in [0.05, 0.1) is 11.7 Å². The van der Waals surface area contributed by atoms with Crippen LogP contribution in [0.3, 0.4) is 0 Å². The van der Waals surface area contributed by atoms with Gasteiger partial charge < -0.3 is 19.9 Å². The van der Waals surface area contributed by atoms with Gasteiger partial charge in [-0.3, -0.25) is 4.79 Å². The van der Waals surface area contributed by atoms with E-state index in [9.17, 15) is 14.0 Å². The summed E-state index contributed by atoms with van der Waals surface area (Å²) >= 11 is 3.18. The highest BCUT2D eigenvalue weighted by Crippen LogP contribution is 2.22. The SMILES string of the molecule is CC(C)[C@H](NC(=O)Nc1ccc(Br)cc1F)c1nccn1CC(=O)OC(C)(C)C. The van der Waals surface area contributed by atoms with Gasteiger partial charge in [-0.05, 0) is 44.9 Å². The highest BCUT2D eigenvalue weighted by Gasteiger charge is 2.25. The van der Waals surface area contributed by atoms with Crippen molar-refractivity contribution in [3.8, 4) is 0 Å². The first-order chi connectivity index (χ1) is 13.5. The summed E-state index contributed by atoms with van der Waals surface area (Å²) in [5.74, 6) is -0.477.